The van der Waals surface area contributed by atoms with Crippen molar-refractivity contribution in [2.75, 3.05) is 16.5 Å². The second-order valence-corrected chi connectivity index (χ2v) is 8.42. The van der Waals surface area contributed by atoms with Crippen LogP contribution in [-0.4, -0.2) is 46.0 Å². The number of alkyl halides is 1. The standard InChI is InChI=1S/C23H20ClN3O6S/c24-12-19(28)25-15-8-6-14(7-9-15)18-11-16(20(34-18)22(31)32)26-23(33)27-17(21(29)30)10-13-4-2-1-3-5-13/h1-9,11,17H,10,12H2,(H,25,28)(H,29,30)(H,31,32)(H2,26,27,33)/t17-/m0/s1. The van der Waals surface area contributed by atoms with Gasteiger partial charge >= 0.3 is 18.0 Å². The van der Waals surface area contributed by atoms with Crippen LogP contribution in [0.2, 0.25) is 0 Å². The van der Waals surface area contributed by atoms with Crippen LogP contribution in [0.1, 0.15) is 15.2 Å². The average molecular weight is 502 g/mol. The number of carboxylic acids is 2. The van der Waals surface area contributed by atoms with Gasteiger partial charge in [0.05, 0.1) is 5.69 Å². The molecule has 9 nitrogen and oxygen atoms in total. The van der Waals surface area contributed by atoms with E-state index in [1.807, 2.05) is 0 Å². The first kappa shape index (κ1) is 24.7. The van der Waals surface area contributed by atoms with Crippen LogP contribution in [-0.2, 0) is 16.0 Å². The number of thiophene rings is 1. The van der Waals surface area contributed by atoms with Gasteiger partial charge in [-0.15, -0.1) is 22.9 Å². The largest absolute Gasteiger partial charge is 0.480 e. The molecule has 0 saturated heterocycles. The van der Waals surface area contributed by atoms with Crippen LogP contribution in [0.25, 0.3) is 10.4 Å². The van der Waals surface area contributed by atoms with Gasteiger partial charge in [-0.1, -0.05) is 42.5 Å². The number of rotatable bonds is 9. The van der Waals surface area contributed by atoms with E-state index in [0.29, 0.717) is 16.1 Å². The molecule has 2 aromatic carbocycles. The Labute approximate surface area is 203 Å². The number of carbonyl (C=O) groups excluding carboxylic acids is 2. The molecule has 1 atom stereocenters. The molecule has 0 radical (unpaired) electrons. The van der Waals surface area contributed by atoms with Crippen LogP contribution >= 0.6 is 22.9 Å². The summed E-state index contributed by atoms with van der Waals surface area (Å²) in [6.07, 6.45) is 0.0663. The number of nitrogens with one attached hydrogen (secondary N) is 3. The molecule has 0 spiro atoms. The van der Waals surface area contributed by atoms with E-state index in [-0.39, 0.29) is 28.8 Å². The van der Waals surface area contributed by atoms with Crippen LogP contribution in [0, 0.1) is 0 Å². The first-order chi connectivity index (χ1) is 16.3. The van der Waals surface area contributed by atoms with Crippen LogP contribution < -0.4 is 16.0 Å². The van der Waals surface area contributed by atoms with E-state index in [1.165, 1.54) is 6.07 Å². The smallest absolute Gasteiger partial charge is 0.348 e. The molecule has 0 aliphatic carbocycles. The van der Waals surface area contributed by atoms with E-state index >= 15 is 0 Å². The van der Waals surface area contributed by atoms with Gasteiger partial charge in [-0.25, -0.2) is 14.4 Å². The summed E-state index contributed by atoms with van der Waals surface area (Å²) in [6.45, 7) is 0. The van der Waals surface area contributed by atoms with Gasteiger partial charge in [0.15, 0.2) is 0 Å². The molecule has 176 valence electrons. The molecule has 3 amide bonds. The maximum Gasteiger partial charge on any atom is 0.348 e. The molecular weight excluding hydrogens is 482 g/mol. The highest BCUT2D eigenvalue weighted by molar-refractivity contribution is 7.18. The Hall–Kier alpha value is -3.89. The monoisotopic (exact) mass is 501 g/mol. The molecule has 1 heterocycles. The zero-order valence-corrected chi connectivity index (χ0v) is 19.2. The number of benzene rings is 2. The molecule has 0 fully saturated rings. The van der Waals surface area contributed by atoms with Crippen molar-refractivity contribution >= 4 is 58.2 Å². The third-order valence-corrected chi connectivity index (χ3v) is 6.05. The summed E-state index contributed by atoms with van der Waals surface area (Å²) in [5, 5.41) is 26.4. The maximum absolute atomic E-state index is 12.5. The minimum absolute atomic E-state index is 0.0355. The van der Waals surface area contributed by atoms with Crippen molar-refractivity contribution in [3.63, 3.8) is 0 Å². The molecule has 0 saturated carbocycles. The fraction of sp³-hybridized carbons (Fsp3) is 0.130. The zero-order valence-electron chi connectivity index (χ0n) is 17.6. The van der Waals surface area contributed by atoms with Crippen molar-refractivity contribution in [2.24, 2.45) is 0 Å². The fourth-order valence-electron chi connectivity index (χ4n) is 3.06. The average Bonchev–Trinajstić information content (AvgIpc) is 3.23. The van der Waals surface area contributed by atoms with E-state index in [9.17, 15) is 29.4 Å². The number of hydrogen-bond acceptors (Lipinski definition) is 5. The van der Waals surface area contributed by atoms with Gasteiger partial charge in [-0.05, 0) is 29.3 Å². The van der Waals surface area contributed by atoms with Crippen LogP contribution in [0.5, 0.6) is 0 Å². The molecular formula is C23H20ClN3O6S. The first-order valence-electron chi connectivity index (χ1n) is 9.94. The summed E-state index contributed by atoms with van der Waals surface area (Å²) in [5.74, 6) is -3.00. The topological polar surface area (TPSA) is 145 Å². The molecule has 1 aromatic heterocycles. The van der Waals surface area contributed by atoms with Crippen molar-refractivity contribution in [3.8, 4) is 10.4 Å². The lowest BCUT2D eigenvalue weighted by atomic mass is 10.1. The second-order valence-electron chi connectivity index (χ2n) is 7.10. The third-order valence-electron chi connectivity index (χ3n) is 4.64. The second kappa shape index (κ2) is 11.3. The zero-order chi connectivity index (χ0) is 24.7. The summed E-state index contributed by atoms with van der Waals surface area (Å²) in [6, 6.07) is 14.9. The SMILES string of the molecule is O=C(CCl)Nc1ccc(-c2cc(NC(=O)N[C@@H](Cc3ccccc3)C(=O)O)c(C(=O)O)s2)cc1. The van der Waals surface area contributed by atoms with Crippen molar-refractivity contribution in [3.05, 3.63) is 71.1 Å². The lowest BCUT2D eigenvalue weighted by Crippen LogP contribution is -2.44. The van der Waals surface area contributed by atoms with Crippen molar-refractivity contribution < 1.29 is 29.4 Å². The number of hydrogen-bond donors (Lipinski definition) is 5. The van der Waals surface area contributed by atoms with E-state index in [0.717, 1.165) is 16.9 Å². The highest BCUT2D eigenvalue weighted by atomic mass is 35.5. The molecule has 34 heavy (non-hydrogen) atoms. The van der Waals surface area contributed by atoms with Crippen molar-refractivity contribution in [1.29, 1.82) is 0 Å². The molecule has 5 N–H and O–H groups in total. The van der Waals surface area contributed by atoms with Crippen LogP contribution in [0.4, 0.5) is 16.2 Å². The fourth-order valence-corrected chi connectivity index (χ4v) is 4.09. The Morgan fingerprint density at radius 1 is 0.941 bits per heavy atom. The highest BCUT2D eigenvalue weighted by Gasteiger charge is 2.23. The van der Waals surface area contributed by atoms with E-state index in [1.54, 1.807) is 54.6 Å². The predicted molar refractivity (Wildman–Crippen MR) is 130 cm³/mol. The number of carboxylic acid groups (broad SMARTS) is 2. The van der Waals surface area contributed by atoms with Gasteiger partial charge in [0, 0.05) is 17.0 Å². The Morgan fingerprint density at radius 2 is 1.62 bits per heavy atom. The Balaban J connectivity index is 1.75. The van der Waals surface area contributed by atoms with E-state index in [4.69, 9.17) is 11.6 Å². The van der Waals surface area contributed by atoms with E-state index in [2.05, 4.69) is 16.0 Å². The van der Waals surface area contributed by atoms with Gasteiger partial charge in [0.25, 0.3) is 0 Å². The van der Waals surface area contributed by atoms with Gasteiger partial charge in [-0.3, -0.25) is 4.79 Å². The van der Waals surface area contributed by atoms with Gasteiger partial charge < -0.3 is 26.2 Å². The summed E-state index contributed by atoms with van der Waals surface area (Å²) >= 11 is 6.42. The molecule has 0 bridgehead atoms. The quantitative estimate of drug-likeness (QED) is 0.279. The molecule has 3 rings (SSSR count). The predicted octanol–water partition coefficient (Wildman–Crippen LogP) is 4.11. The summed E-state index contributed by atoms with van der Waals surface area (Å²) in [4.78, 5) is 47.6. The molecule has 3 aromatic rings. The van der Waals surface area contributed by atoms with Crippen LogP contribution in [0.15, 0.2) is 60.7 Å². The molecule has 0 unspecified atom stereocenters. The van der Waals surface area contributed by atoms with Crippen LogP contribution in [0.3, 0.4) is 0 Å². The lowest BCUT2D eigenvalue weighted by molar-refractivity contribution is -0.139. The van der Waals surface area contributed by atoms with Crippen molar-refractivity contribution in [2.45, 2.75) is 12.5 Å². The van der Waals surface area contributed by atoms with Crippen molar-refractivity contribution in [1.82, 2.24) is 5.32 Å². The highest BCUT2D eigenvalue weighted by Crippen LogP contribution is 2.35. The number of carbonyl (C=O) groups is 4. The summed E-state index contributed by atoms with van der Waals surface area (Å²) in [5.41, 5.74) is 1.95. The minimum atomic E-state index is -1.24. The van der Waals surface area contributed by atoms with Gasteiger partial charge in [0.1, 0.15) is 16.8 Å². The normalized spacial score (nSPS) is 11.3. The van der Waals surface area contributed by atoms with Gasteiger partial charge in [-0.2, -0.15) is 0 Å². The van der Waals surface area contributed by atoms with E-state index < -0.39 is 24.0 Å². The number of anilines is 2. The Bertz CT molecular complexity index is 1200. The van der Waals surface area contributed by atoms with Gasteiger partial charge in [0.2, 0.25) is 5.91 Å². The maximum atomic E-state index is 12.5. The molecule has 0 aliphatic rings. The summed E-state index contributed by atoms with van der Waals surface area (Å²) in [7, 11) is 0. The third kappa shape index (κ3) is 6.56. The number of amides is 3. The Kier molecular flexibility index (Phi) is 8.23. The molecule has 0 aliphatic heterocycles. The molecule has 11 heteroatoms. The number of aliphatic carboxylic acids is 1. The first-order valence-corrected chi connectivity index (χ1v) is 11.3. The summed E-state index contributed by atoms with van der Waals surface area (Å²) < 4.78 is 0. The number of urea groups is 1. The minimum Gasteiger partial charge on any atom is -0.480 e. The Morgan fingerprint density at radius 3 is 2.21 bits per heavy atom. The number of halogens is 1. The number of aromatic carboxylic acids is 1. The lowest BCUT2D eigenvalue weighted by Gasteiger charge is -2.15.